The standard InChI is InChI=1S/C21H31N3O2/c25-20(21-9-5-4-8-18(21)14-22-16-21)23-15-19(17-6-2-1-3-7-17)24-10-12-26-13-11-24/h1-3,6-7,18-19,22H,4-5,8-16H2,(H,23,25)/t18-,19?,21+/m0/s1. The van der Waals surface area contributed by atoms with Gasteiger partial charge in [0.1, 0.15) is 0 Å². The van der Waals surface area contributed by atoms with E-state index in [1.165, 1.54) is 24.8 Å². The molecule has 0 spiro atoms. The third-order valence-corrected chi connectivity index (χ3v) is 6.62. The largest absolute Gasteiger partial charge is 0.379 e. The third kappa shape index (κ3) is 3.53. The zero-order valence-corrected chi connectivity index (χ0v) is 15.6. The fraction of sp³-hybridized carbons (Fsp3) is 0.667. The summed E-state index contributed by atoms with van der Waals surface area (Å²) in [5, 5.41) is 6.83. The Morgan fingerprint density at radius 2 is 2.08 bits per heavy atom. The van der Waals surface area contributed by atoms with E-state index < -0.39 is 0 Å². The van der Waals surface area contributed by atoms with Gasteiger partial charge in [-0.25, -0.2) is 0 Å². The fourth-order valence-corrected chi connectivity index (χ4v) is 5.08. The summed E-state index contributed by atoms with van der Waals surface area (Å²) < 4.78 is 5.52. The molecule has 1 aliphatic carbocycles. The number of amides is 1. The zero-order valence-electron chi connectivity index (χ0n) is 15.6. The van der Waals surface area contributed by atoms with Crippen LogP contribution in [-0.2, 0) is 9.53 Å². The predicted octanol–water partition coefficient (Wildman–Crippen LogP) is 1.96. The molecule has 5 nitrogen and oxygen atoms in total. The number of benzene rings is 1. The van der Waals surface area contributed by atoms with E-state index in [1.54, 1.807) is 0 Å². The first-order valence-electron chi connectivity index (χ1n) is 10.2. The maximum absolute atomic E-state index is 13.2. The Hall–Kier alpha value is -1.43. The molecule has 5 heteroatoms. The molecule has 1 unspecified atom stereocenters. The van der Waals surface area contributed by atoms with E-state index in [9.17, 15) is 4.79 Å². The van der Waals surface area contributed by atoms with E-state index in [2.05, 4.69) is 39.8 Å². The molecule has 0 bridgehead atoms. The van der Waals surface area contributed by atoms with Gasteiger partial charge in [-0.3, -0.25) is 9.69 Å². The van der Waals surface area contributed by atoms with Crippen LogP contribution < -0.4 is 10.6 Å². The third-order valence-electron chi connectivity index (χ3n) is 6.62. The van der Waals surface area contributed by atoms with E-state index in [0.717, 1.165) is 45.8 Å². The van der Waals surface area contributed by atoms with Gasteiger partial charge in [-0.2, -0.15) is 0 Å². The molecule has 4 rings (SSSR count). The number of carbonyl (C=O) groups is 1. The number of hydrogen-bond acceptors (Lipinski definition) is 4. The van der Waals surface area contributed by atoms with E-state index in [1.807, 2.05) is 6.07 Å². The molecule has 2 N–H and O–H groups in total. The summed E-state index contributed by atoms with van der Waals surface area (Å²) in [6, 6.07) is 10.8. The Morgan fingerprint density at radius 1 is 1.27 bits per heavy atom. The Balaban J connectivity index is 1.46. The van der Waals surface area contributed by atoms with Crippen molar-refractivity contribution in [3.63, 3.8) is 0 Å². The summed E-state index contributed by atoms with van der Waals surface area (Å²) in [5.41, 5.74) is 1.10. The number of morpholine rings is 1. The highest BCUT2D eigenvalue weighted by molar-refractivity contribution is 5.84. The summed E-state index contributed by atoms with van der Waals surface area (Å²) in [7, 11) is 0. The molecule has 3 atom stereocenters. The Morgan fingerprint density at radius 3 is 2.88 bits per heavy atom. The van der Waals surface area contributed by atoms with Gasteiger partial charge in [-0.05, 0) is 30.9 Å². The molecule has 2 heterocycles. The lowest BCUT2D eigenvalue weighted by molar-refractivity contribution is -0.134. The predicted molar refractivity (Wildman–Crippen MR) is 102 cm³/mol. The summed E-state index contributed by atoms with van der Waals surface area (Å²) in [6.07, 6.45) is 4.66. The maximum atomic E-state index is 13.2. The minimum absolute atomic E-state index is 0.176. The lowest BCUT2D eigenvalue weighted by Crippen LogP contribution is -2.50. The highest BCUT2D eigenvalue weighted by atomic mass is 16.5. The Kier molecular flexibility index (Phi) is 5.57. The van der Waals surface area contributed by atoms with Gasteiger partial charge in [-0.1, -0.05) is 43.2 Å². The first kappa shape index (κ1) is 18.0. The molecule has 2 saturated heterocycles. The van der Waals surface area contributed by atoms with Crippen molar-refractivity contribution >= 4 is 5.91 Å². The zero-order chi connectivity index (χ0) is 17.8. The van der Waals surface area contributed by atoms with Crippen LogP contribution in [0.25, 0.3) is 0 Å². The van der Waals surface area contributed by atoms with E-state index in [4.69, 9.17) is 4.74 Å². The Labute approximate surface area is 156 Å². The second-order valence-electron chi connectivity index (χ2n) is 8.01. The van der Waals surface area contributed by atoms with Gasteiger partial charge in [0.25, 0.3) is 0 Å². The van der Waals surface area contributed by atoms with Crippen molar-refractivity contribution in [2.24, 2.45) is 11.3 Å². The van der Waals surface area contributed by atoms with Crippen LogP contribution in [0.15, 0.2) is 30.3 Å². The topological polar surface area (TPSA) is 53.6 Å². The molecule has 3 aliphatic rings. The number of ether oxygens (including phenoxy) is 1. The van der Waals surface area contributed by atoms with Crippen LogP contribution in [0.4, 0.5) is 0 Å². The second kappa shape index (κ2) is 8.07. The van der Waals surface area contributed by atoms with Gasteiger partial charge in [0.05, 0.1) is 24.7 Å². The molecule has 3 fully saturated rings. The lowest BCUT2D eigenvalue weighted by atomic mass is 9.67. The van der Waals surface area contributed by atoms with Gasteiger partial charge in [0, 0.05) is 26.2 Å². The molecule has 0 aromatic heterocycles. The van der Waals surface area contributed by atoms with E-state index in [-0.39, 0.29) is 17.4 Å². The van der Waals surface area contributed by atoms with Crippen LogP contribution in [0.2, 0.25) is 0 Å². The molecule has 1 saturated carbocycles. The molecule has 142 valence electrons. The maximum Gasteiger partial charge on any atom is 0.227 e. The normalized spacial score (nSPS) is 30.5. The van der Waals surface area contributed by atoms with Crippen LogP contribution in [0.1, 0.15) is 37.3 Å². The molecular weight excluding hydrogens is 326 g/mol. The molecule has 1 amide bonds. The van der Waals surface area contributed by atoms with Gasteiger partial charge in [0.15, 0.2) is 0 Å². The van der Waals surface area contributed by atoms with Crippen LogP contribution in [-0.4, -0.2) is 56.7 Å². The summed E-state index contributed by atoms with van der Waals surface area (Å²) in [6.45, 7) is 5.91. The lowest BCUT2D eigenvalue weighted by Gasteiger charge is -2.39. The van der Waals surface area contributed by atoms with Crippen LogP contribution in [0.3, 0.4) is 0 Å². The average Bonchev–Trinajstić information content (AvgIpc) is 3.15. The smallest absolute Gasteiger partial charge is 0.227 e. The van der Waals surface area contributed by atoms with Crippen molar-refractivity contribution in [1.82, 2.24) is 15.5 Å². The van der Waals surface area contributed by atoms with Crippen molar-refractivity contribution in [2.45, 2.75) is 31.7 Å². The van der Waals surface area contributed by atoms with Gasteiger partial charge in [0.2, 0.25) is 5.91 Å². The number of rotatable bonds is 5. The van der Waals surface area contributed by atoms with Crippen molar-refractivity contribution in [1.29, 1.82) is 0 Å². The molecule has 1 aromatic carbocycles. The minimum atomic E-state index is -0.176. The number of carbonyl (C=O) groups excluding carboxylic acids is 1. The van der Waals surface area contributed by atoms with Crippen LogP contribution in [0, 0.1) is 11.3 Å². The molecule has 2 aliphatic heterocycles. The number of hydrogen-bond donors (Lipinski definition) is 2. The molecular formula is C21H31N3O2. The first-order valence-corrected chi connectivity index (χ1v) is 10.2. The summed E-state index contributed by atoms with van der Waals surface area (Å²) >= 11 is 0. The molecule has 26 heavy (non-hydrogen) atoms. The van der Waals surface area contributed by atoms with E-state index in [0.29, 0.717) is 12.5 Å². The van der Waals surface area contributed by atoms with E-state index >= 15 is 0 Å². The highest BCUT2D eigenvalue weighted by Gasteiger charge is 2.49. The van der Waals surface area contributed by atoms with Gasteiger partial charge >= 0.3 is 0 Å². The van der Waals surface area contributed by atoms with Crippen molar-refractivity contribution in [3.05, 3.63) is 35.9 Å². The first-order chi connectivity index (χ1) is 12.8. The quantitative estimate of drug-likeness (QED) is 0.846. The minimum Gasteiger partial charge on any atom is -0.379 e. The van der Waals surface area contributed by atoms with Crippen molar-refractivity contribution in [2.75, 3.05) is 45.9 Å². The van der Waals surface area contributed by atoms with Gasteiger partial charge < -0.3 is 15.4 Å². The fourth-order valence-electron chi connectivity index (χ4n) is 5.08. The summed E-state index contributed by atoms with van der Waals surface area (Å²) in [4.78, 5) is 15.7. The van der Waals surface area contributed by atoms with Crippen molar-refractivity contribution in [3.8, 4) is 0 Å². The highest BCUT2D eigenvalue weighted by Crippen LogP contribution is 2.44. The number of nitrogens with one attached hydrogen (secondary N) is 2. The summed E-state index contributed by atoms with van der Waals surface area (Å²) in [5.74, 6) is 0.774. The Bertz CT molecular complexity index is 603. The van der Waals surface area contributed by atoms with Crippen LogP contribution >= 0.6 is 0 Å². The number of nitrogens with zero attached hydrogens (tertiary/aromatic N) is 1. The SMILES string of the molecule is O=C(NCC(c1ccccc1)N1CCOCC1)[C@@]12CCCC[C@H]1CNC2. The van der Waals surface area contributed by atoms with Crippen molar-refractivity contribution < 1.29 is 9.53 Å². The molecule has 0 radical (unpaired) electrons. The average molecular weight is 357 g/mol. The molecule has 1 aromatic rings. The van der Waals surface area contributed by atoms with Gasteiger partial charge in [-0.15, -0.1) is 0 Å². The van der Waals surface area contributed by atoms with Crippen LogP contribution in [0.5, 0.6) is 0 Å². The second-order valence-corrected chi connectivity index (χ2v) is 8.01. The monoisotopic (exact) mass is 357 g/mol. The number of fused-ring (bicyclic) bond motifs is 1.